The van der Waals surface area contributed by atoms with E-state index in [1.807, 2.05) is 39.0 Å². The molecule has 0 saturated heterocycles. The number of amides is 1. The Hall–Kier alpha value is -2.02. The minimum atomic E-state index is -0.468. The van der Waals surface area contributed by atoms with Gasteiger partial charge in [0.1, 0.15) is 11.3 Å². The summed E-state index contributed by atoms with van der Waals surface area (Å²) in [6.07, 6.45) is 7.59. The van der Waals surface area contributed by atoms with Crippen LogP contribution in [0.5, 0.6) is 0 Å². The summed E-state index contributed by atoms with van der Waals surface area (Å²) >= 11 is 0. The first-order valence-electron chi connectivity index (χ1n) is 8.75. The Morgan fingerprint density at radius 1 is 1.25 bits per heavy atom. The third kappa shape index (κ3) is 3.90. The van der Waals surface area contributed by atoms with Crippen LogP contribution in [0.25, 0.3) is 0 Å². The van der Waals surface area contributed by atoms with Gasteiger partial charge in [-0.3, -0.25) is 0 Å². The molecule has 3 rings (SSSR count). The second kappa shape index (κ2) is 6.12. The Morgan fingerprint density at radius 3 is 2.79 bits per heavy atom. The van der Waals surface area contributed by atoms with E-state index in [1.165, 1.54) is 0 Å². The largest absolute Gasteiger partial charge is 0.444 e. The van der Waals surface area contributed by atoms with E-state index in [9.17, 15) is 4.79 Å². The minimum absolute atomic E-state index is 0.00475. The molecule has 0 radical (unpaired) electrons. The van der Waals surface area contributed by atoms with Gasteiger partial charge in [-0.1, -0.05) is 12.0 Å². The summed E-state index contributed by atoms with van der Waals surface area (Å²) < 4.78 is 5.45. The van der Waals surface area contributed by atoms with Gasteiger partial charge >= 0.3 is 6.09 Å². The molecular weight excluding hydrogens is 300 g/mol. The van der Waals surface area contributed by atoms with Crippen molar-refractivity contribution in [3.8, 4) is 11.8 Å². The van der Waals surface area contributed by atoms with Crippen molar-refractivity contribution >= 4 is 6.09 Å². The SMILES string of the molecule is CC(C)(C)OC(=O)NC12CCCC(C#Cc3ccccn3)(CC1)C2. The first-order valence-corrected chi connectivity index (χ1v) is 8.75. The number of nitrogens with one attached hydrogen (secondary N) is 1. The van der Waals surface area contributed by atoms with E-state index in [2.05, 4.69) is 22.1 Å². The van der Waals surface area contributed by atoms with Crippen molar-refractivity contribution < 1.29 is 9.53 Å². The molecule has 128 valence electrons. The molecule has 4 nitrogen and oxygen atoms in total. The van der Waals surface area contributed by atoms with E-state index in [1.54, 1.807) is 6.20 Å². The standard InChI is InChI=1S/C20H26N2O2/c1-18(2,3)24-17(23)22-20-10-6-9-19(15-20,12-13-20)11-8-16-7-4-5-14-21-16/h4-5,7,14H,6,9-10,12-13,15H2,1-3H3,(H,22,23). The van der Waals surface area contributed by atoms with Crippen LogP contribution in [0.1, 0.15) is 65.0 Å². The molecular formula is C20H26N2O2. The summed E-state index contributed by atoms with van der Waals surface area (Å²) in [4.78, 5) is 16.5. The number of hydrogen-bond donors (Lipinski definition) is 1. The fourth-order valence-electron chi connectivity index (χ4n) is 3.99. The molecule has 1 N–H and O–H groups in total. The number of rotatable bonds is 1. The monoisotopic (exact) mass is 326 g/mol. The minimum Gasteiger partial charge on any atom is -0.444 e. The summed E-state index contributed by atoms with van der Waals surface area (Å²) in [5.41, 5.74) is 0.198. The zero-order valence-electron chi connectivity index (χ0n) is 14.8. The topological polar surface area (TPSA) is 51.2 Å². The average molecular weight is 326 g/mol. The predicted molar refractivity (Wildman–Crippen MR) is 93.4 cm³/mol. The molecule has 2 aliphatic carbocycles. The van der Waals surface area contributed by atoms with Crippen molar-refractivity contribution in [2.24, 2.45) is 5.41 Å². The number of nitrogens with zero attached hydrogens (tertiary/aromatic N) is 1. The first-order chi connectivity index (χ1) is 11.3. The highest BCUT2D eigenvalue weighted by molar-refractivity contribution is 5.69. The number of alkyl carbamates (subject to hydrolysis) is 1. The van der Waals surface area contributed by atoms with Crippen molar-refractivity contribution in [3.05, 3.63) is 30.1 Å². The van der Waals surface area contributed by atoms with Gasteiger partial charge in [0, 0.05) is 17.2 Å². The first kappa shape index (κ1) is 16.8. The third-order valence-electron chi connectivity index (χ3n) is 4.96. The van der Waals surface area contributed by atoms with E-state index in [0.717, 1.165) is 44.2 Å². The molecule has 0 spiro atoms. The summed E-state index contributed by atoms with van der Waals surface area (Å²) in [6.45, 7) is 5.67. The van der Waals surface area contributed by atoms with Crippen LogP contribution in [0.3, 0.4) is 0 Å². The Labute approximate surface area is 144 Å². The van der Waals surface area contributed by atoms with Crippen molar-refractivity contribution in [2.45, 2.75) is 70.4 Å². The number of hydrogen-bond acceptors (Lipinski definition) is 3. The fourth-order valence-corrected chi connectivity index (χ4v) is 3.99. The highest BCUT2D eigenvalue weighted by Crippen LogP contribution is 2.53. The number of aromatic nitrogens is 1. The Bertz CT molecular complexity index is 668. The number of fused-ring (bicyclic) bond motifs is 2. The molecule has 24 heavy (non-hydrogen) atoms. The molecule has 1 heterocycles. The van der Waals surface area contributed by atoms with Crippen molar-refractivity contribution in [3.63, 3.8) is 0 Å². The van der Waals surface area contributed by atoms with E-state index in [0.29, 0.717) is 0 Å². The van der Waals surface area contributed by atoms with Gasteiger partial charge in [-0.2, -0.15) is 0 Å². The molecule has 2 atom stereocenters. The van der Waals surface area contributed by atoms with Crippen LogP contribution >= 0.6 is 0 Å². The Kier molecular flexibility index (Phi) is 4.29. The van der Waals surface area contributed by atoms with Gasteiger partial charge in [-0.25, -0.2) is 9.78 Å². The van der Waals surface area contributed by atoms with Crippen LogP contribution in [-0.2, 0) is 4.74 Å². The molecule has 2 bridgehead atoms. The van der Waals surface area contributed by atoms with Gasteiger partial charge in [0.15, 0.2) is 0 Å². The van der Waals surface area contributed by atoms with Crippen molar-refractivity contribution in [1.29, 1.82) is 0 Å². The normalized spacial score (nSPS) is 28.6. The lowest BCUT2D eigenvalue weighted by molar-refractivity contribution is 0.0429. The second-order valence-corrected chi connectivity index (χ2v) is 8.18. The van der Waals surface area contributed by atoms with Crippen LogP contribution in [0, 0.1) is 17.3 Å². The number of pyridine rings is 1. The Morgan fingerprint density at radius 2 is 2.08 bits per heavy atom. The highest BCUT2D eigenvalue weighted by Gasteiger charge is 2.51. The smallest absolute Gasteiger partial charge is 0.408 e. The van der Waals surface area contributed by atoms with Crippen LogP contribution in [0.4, 0.5) is 4.79 Å². The number of carbonyl (C=O) groups excluding carboxylic acids is 1. The van der Waals surface area contributed by atoms with Crippen LogP contribution in [0.2, 0.25) is 0 Å². The van der Waals surface area contributed by atoms with Gasteiger partial charge in [0.2, 0.25) is 0 Å². The van der Waals surface area contributed by atoms with E-state index < -0.39 is 5.60 Å². The third-order valence-corrected chi connectivity index (χ3v) is 4.96. The molecule has 2 saturated carbocycles. The molecule has 2 fully saturated rings. The van der Waals surface area contributed by atoms with Gasteiger partial charge < -0.3 is 10.1 Å². The quantitative estimate of drug-likeness (QED) is 0.792. The average Bonchev–Trinajstić information content (AvgIpc) is 2.75. The summed E-state index contributed by atoms with van der Waals surface area (Å²) in [5.74, 6) is 6.72. The summed E-state index contributed by atoms with van der Waals surface area (Å²) in [5, 5.41) is 3.16. The molecule has 1 amide bonds. The van der Waals surface area contributed by atoms with Crippen molar-refractivity contribution in [2.75, 3.05) is 0 Å². The summed E-state index contributed by atoms with van der Waals surface area (Å²) in [6, 6.07) is 5.79. The Balaban J connectivity index is 1.71. The van der Waals surface area contributed by atoms with Crippen molar-refractivity contribution in [1.82, 2.24) is 10.3 Å². The second-order valence-electron chi connectivity index (χ2n) is 8.18. The zero-order chi connectivity index (χ0) is 17.3. The van der Waals surface area contributed by atoms with Crippen LogP contribution in [0.15, 0.2) is 24.4 Å². The number of ether oxygens (including phenoxy) is 1. The lowest BCUT2D eigenvalue weighted by Crippen LogP contribution is -2.50. The van der Waals surface area contributed by atoms with Gasteiger partial charge in [0.25, 0.3) is 0 Å². The van der Waals surface area contributed by atoms with Crippen LogP contribution in [-0.4, -0.2) is 22.2 Å². The zero-order valence-corrected chi connectivity index (χ0v) is 14.8. The molecule has 1 aromatic rings. The molecule has 4 heteroatoms. The molecule has 0 aromatic carbocycles. The van der Waals surface area contributed by atoms with Gasteiger partial charge in [-0.05, 0) is 77.3 Å². The number of carbonyl (C=O) groups is 1. The van der Waals surface area contributed by atoms with Crippen LogP contribution < -0.4 is 5.32 Å². The molecule has 1 aromatic heterocycles. The molecule has 2 aliphatic rings. The van der Waals surface area contributed by atoms with Gasteiger partial charge in [0.05, 0.1) is 0 Å². The molecule has 0 aliphatic heterocycles. The lowest BCUT2D eigenvalue weighted by Gasteiger charge is -2.37. The maximum absolute atomic E-state index is 12.2. The predicted octanol–water partition coefficient (Wildman–Crippen LogP) is 4.05. The lowest BCUT2D eigenvalue weighted by atomic mass is 9.73. The molecule has 2 unspecified atom stereocenters. The van der Waals surface area contributed by atoms with E-state index in [4.69, 9.17) is 4.74 Å². The van der Waals surface area contributed by atoms with E-state index in [-0.39, 0.29) is 17.0 Å². The maximum Gasteiger partial charge on any atom is 0.408 e. The summed E-state index contributed by atoms with van der Waals surface area (Å²) in [7, 11) is 0. The maximum atomic E-state index is 12.2. The van der Waals surface area contributed by atoms with Gasteiger partial charge in [-0.15, -0.1) is 0 Å². The fraction of sp³-hybridized carbons (Fsp3) is 0.600. The highest BCUT2D eigenvalue weighted by atomic mass is 16.6. The van der Waals surface area contributed by atoms with E-state index >= 15 is 0 Å².